The third-order valence-electron chi connectivity index (χ3n) is 4.67. The standard InChI is InChI=1S/C16H28O2Si/c1-5-19(6-2,7-3)12-8-9-14-10-11-15(17)16(13-14)18-4/h10-11,13,17H,5-9,12H2,1-4H3. The van der Waals surface area contributed by atoms with Crippen LogP contribution in [-0.2, 0) is 6.42 Å². The van der Waals surface area contributed by atoms with Gasteiger partial charge in [-0.25, -0.2) is 0 Å². The van der Waals surface area contributed by atoms with Crippen LogP contribution in [0.1, 0.15) is 32.8 Å². The molecule has 1 rings (SSSR count). The highest BCUT2D eigenvalue weighted by Gasteiger charge is 2.25. The van der Waals surface area contributed by atoms with Crippen LogP contribution >= 0.6 is 0 Å². The minimum absolute atomic E-state index is 0.227. The number of hydrogen-bond donors (Lipinski definition) is 1. The lowest BCUT2D eigenvalue weighted by Crippen LogP contribution is -2.30. The predicted molar refractivity (Wildman–Crippen MR) is 85.0 cm³/mol. The van der Waals surface area contributed by atoms with Gasteiger partial charge >= 0.3 is 0 Å². The van der Waals surface area contributed by atoms with Crippen molar-refractivity contribution in [3.63, 3.8) is 0 Å². The minimum Gasteiger partial charge on any atom is -0.504 e. The van der Waals surface area contributed by atoms with Crippen molar-refractivity contribution < 1.29 is 9.84 Å². The maximum Gasteiger partial charge on any atom is 0.160 e. The fourth-order valence-electron chi connectivity index (χ4n) is 2.83. The zero-order chi connectivity index (χ0) is 14.3. The molecule has 0 saturated carbocycles. The van der Waals surface area contributed by atoms with E-state index in [0.29, 0.717) is 5.75 Å². The molecular formula is C16H28O2Si. The van der Waals surface area contributed by atoms with E-state index in [4.69, 9.17) is 4.74 Å². The van der Waals surface area contributed by atoms with Crippen molar-refractivity contribution in [1.29, 1.82) is 0 Å². The first kappa shape index (κ1) is 16.1. The highest BCUT2D eigenvalue weighted by atomic mass is 28.3. The number of phenolic OH excluding ortho intramolecular Hbond substituents is 1. The quantitative estimate of drug-likeness (QED) is 0.690. The number of phenols is 1. The lowest BCUT2D eigenvalue weighted by Gasteiger charge is -2.28. The Labute approximate surface area is 118 Å². The van der Waals surface area contributed by atoms with Crippen molar-refractivity contribution in [2.24, 2.45) is 0 Å². The molecule has 0 aliphatic heterocycles. The van der Waals surface area contributed by atoms with E-state index in [9.17, 15) is 5.11 Å². The van der Waals surface area contributed by atoms with Crippen LogP contribution in [0.5, 0.6) is 11.5 Å². The lowest BCUT2D eigenvalue weighted by molar-refractivity contribution is 0.373. The monoisotopic (exact) mass is 280 g/mol. The highest BCUT2D eigenvalue weighted by molar-refractivity contribution is 6.79. The Morgan fingerprint density at radius 2 is 1.74 bits per heavy atom. The lowest BCUT2D eigenvalue weighted by atomic mass is 10.1. The minimum atomic E-state index is -0.985. The molecule has 2 nitrogen and oxygen atoms in total. The molecule has 1 N–H and O–H groups in total. The van der Waals surface area contributed by atoms with Gasteiger partial charge in [0.2, 0.25) is 0 Å². The SMILES string of the molecule is CC[Si](CC)(CC)CCCc1ccc(O)c(OC)c1. The van der Waals surface area contributed by atoms with Crippen LogP contribution in [0.3, 0.4) is 0 Å². The molecule has 0 unspecified atom stereocenters. The maximum atomic E-state index is 9.59. The number of aromatic hydroxyl groups is 1. The maximum absolute atomic E-state index is 9.59. The van der Waals surface area contributed by atoms with Gasteiger partial charge in [-0.2, -0.15) is 0 Å². The van der Waals surface area contributed by atoms with E-state index in [1.54, 1.807) is 13.2 Å². The average molecular weight is 280 g/mol. The molecule has 0 amide bonds. The normalized spacial score (nSPS) is 11.6. The molecular weight excluding hydrogens is 252 g/mol. The van der Waals surface area contributed by atoms with Gasteiger partial charge in [0.05, 0.1) is 15.2 Å². The fraction of sp³-hybridized carbons (Fsp3) is 0.625. The van der Waals surface area contributed by atoms with Crippen LogP contribution in [0.25, 0.3) is 0 Å². The van der Waals surface area contributed by atoms with E-state index < -0.39 is 8.07 Å². The van der Waals surface area contributed by atoms with Gasteiger partial charge in [-0.15, -0.1) is 0 Å². The molecule has 0 saturated heterocycles. The van der Waals surface area contributed by atoms with E-state index in [1.807, 2.05) is 12.1 Å². The molecule has 0 aromatic heterocycles. The van der Waals surface area contributed by atoms with Gasteiger partial charge in [0.15, 0.2) is 11.5 Å². The van der Waals surface area contributed by atoms with Crippen molar-refractivity contribution >= 4 is 8.07 Å². The third kappa shape index (κ3) is 4.27. The van der Waals surface area contributed by atoms with E-state index in [1.165, 1.54) is 36.2 Å². The summed E-state index contributed by atoms with van der Waals surface area (Å²) in [5, 5.41) is 9.59. The smallest absolute Gasteiger partial charge is 0.160 e. The Morgan fingerprint density at radius 1 is 1.11 bits per heavy atom. The Balaban J connectivity index is 2.57. The van der Waals surface area contributed by atoms with Crippen LogP contribution in [0.2, 0.25) is 24.2 Å². The van der Waals surface area contributed by atoms with E-state index in [0.717, 1.165) is 6.42 Å². The molecule has 19 heavy (non-hydrogen) atoms. The van der Waals surface area contributed by atoms with Gasteiger partial charge in [0.1, 0.15) is 0 Å². The Bertz CT molecular complexity index is 378. The molecule has 0 atom stereocenters. The van der Waals surface area contributed by atoms with Crippen molar-refractivity contribution in [2.45, 2.75) is 57.8 Å². The summed E-state index contributed by atoms with van der Waals surface area (Å²) in [5.41, 5.74) is 1.26. The van der Waals surface area contributed by atoms with Gasteiger partial charge < -0.3 is 9.84 Å². The van der Waals surface area contributed by atoms with Crippen molar-refractivity contribution in [3.05, 3.63) is 23.8 Å². The number of hydrogen-bond acceptors (Lipinski definition) is 2. The second-order valence-electron chi connectivity index (χ2n) is 5.42. The highest BCUT2D eigenvalue weighted by Crippen LogP contribution is 2.29. The first-order valence-corrected chi connectivity index (χ1v) is 10.3. The summed E-state index contributed by atoms with van der Waals surface area (Å²) < 4.78 is 5.16. The largest absolute Gasteiger partial charge is 0.504 e. The summed E-state index contributed by atoms with van der Waals surface area (Å²) >= 11 is 0. The van der Waals surface area contributed by atoms with Crippen molar-refractivity contribution in [3.8, 4) is 11.5 Å². The first-order valence-electron chi connectivity index (χ1n) is 7.46. The molecule has 1 aromatic carbocycles. The van der Waals surface area contributed by atoms with Crippen LogP contribution in [0.4, 0.5) is 0 Å². The van der Waals surface area contributed by atoms with Crippen LogP contribution in [0, 0.1) is 0 Å². The molecule has 0 heterocycles. The van der Waals surface area contributed by atoms with Crippen LogP contribution in [-0.4, -0.2) is 20.3 Å². The Morgan fingerprint density at radius 3 is 2.26 bits per heavy atom. The van der Waals surface area contributed by atoms with E-state index in [-0.39, 0.29) is 5.75 Å². The van der Waals surface area contributed by atoms with Gasteiger partial charge in [-0.3, -0.25) is 0 Å². The van der Waals surface area contributed by atoms with Crippen molar-refractivity contribution in [1.82, 2.24) is 0 Å². The molecule has 0 radical (unpaired) electrons. The summed E-state index contributed by atoms with van der Waals surface area (Å²) in [6.45, 7) is 7.09. The van der Waals surface area contributed by atoms with Gasteiger partial charge in [-0.1, -0.05) is 57.4 Å². The summed E-state index contributed by atoms with van der Waals surface area (Å²) in [6.07, 6.45) is 2.35. The predicted octanol–water partition coefficient (Wildman–Crippen LogP) is 4.84. The van der Waals surface area contributed by atoms with Crippen LogP contribution in [0.15, 0.2) is 18.2 Å². The fourth-order valence-corrected chi connectivity index (χ4v) is 6.31. The van der Waals surface area contributed by atoms with Gasteiger partial charge in [-0.05, 0) is 24.1 Å². The van der Waals surface area contributed by atoms with E-state index >= 15 is 0 Å². The third-order valence-corrected chi connectivity index (χ3v) is 10.6. The molecule has 0 aliphatic rings. The zero-order valence-electron chi connectivity index (χ0n) is 12.8. The topological polar surface area (TPSA) is 29.5 Å². The van der Waals surface area contributed by atoms with Gasteiger partial charge in [0, 0.05) is 0 Å². The number of aryl methyl sites for hydroxylation is 1. The molecule has 0 aliphatic carbocycles. The zero-order valence-corrected chi connectivity index (χ0v) is 13.8. The average Bonchev–Trinajstić information content (AvgIpc) is 2.46. The summed E-state index contributed by atoms with van der Waals surface area (Å²) in [5.74, 6) is 0.813. The molecule has 0 spiro atoms. The van der Waals surface area contributed by atoms with E-state index in [2.05, 4.69) is 20.8 Å². The van der Waals surface area contributed by atoms with Crippen molar-refractivity contribution in [2.75, 3.05) is 7.11 Å². The summed E-state index contributed by atoms with van der Waals surface area (Å²) in [7, 11) is 0.615. The Hall–Kier alpha value is -0.963. The molecule has 0 fully saturated rings. The first-order chi connectivity index (χ1) is 9.10. The molecule has 1 aromatic rings. The number of ether oxygens (including phenoxy) is 1. The number of benzene rings is 1. The number of methoxy groups -OCH3 is 1. The summed E-state index contributed by atoms with van der Waals surface area (Å²) in [4.78, 5) is 0. The Kier molecular flexibility index (Phi) is 6.42. The van der Waals surface area contributed by atoms with Crippen LogP contribution < -0.4 is 4.74 Å². The van der Waals surface area contributed by atoms with Gasteiger partial charge in [0.25, 0.3) is 0 Å². The second-order valence-corrected chi connectivity index (χ2v) is 11.0. The second kappa shape index (κ2) is 7.58. The number of rotatable bonds is 8. The molecule has 0 bridgehead atoms. The summed E-state index contributed by atoms with van der Waals surface area (Å²) in [6, 6.07) is 11.3. The molecule has 3 heteroatoms. The molecule has 108 valence electrons.